The van der Waals surface area contributed by atoms with Crippen LogP contribution in [0.5, 0.6) is 5.75 Å². The van der Waals surface area contributed by atoms with Crippen LogP contribution in [0.25, 0.3) is 22.6 Å². The normalized spacial score (nSPS) is 12.9. The Labute approximate surface area is 208 Å². The number of alkyl halides is 7. The summed E-state index contributed by atoms with van der Waals surface area (Å²) in [6.07, 6.45) is -11.5. The molecule has 0 saturated heterocycles. The quantitative estimate of drug-likeness (QED) is 0.312. The van der Waals surface area contributed by atoms with E-state index in [1.807, 2.05) is 0 Å². The zero-order valence-corrected chi connectivity index (χ0v) is 19.6. The van der Waals surface area contributed by atoms with Crippen LogP contribution in [0.1, 0.15) is 12.6 Å². The number of rotatable bonds is 7. The first-order valence-corrected chi connectivity index (χ1v) is 12.0. The predicted molar refractivity (Wildman–Crippen MR) is 116 cm³/mol. The molecule has 202 valence electrons. The molecule has 0 aliphatic rings. The van der Waals surface area contributed by atoms with Crippen LogP contribution in [0.4, 0.5) is 30.7 Å². The summed E-state index contributed by atoms with van der Waals surface area (Å²) in [6, 6.07) is 5.35. The molecule has 0 amide bonds. The monoisotopic (exact) mass is 565 g/mol. The van der Waals surface area contributed by atoms with Gasteiger partial charge in [0.15, 0.2) is 27.0 Å². The number of sulfone groups is 1. The minimum Gasteiger partial charge on any atom is -0.428 e. The third-order valence-electron chi connectivity index (χ3n) is 5.14. The molecule has 0 N–H and O–H groups in total. The van der Waals surface area contributed by atoms with E-state index in [2.05, 4.69) is 19.8 Å². The third-order valence-corrected chi connectivity index (χ3v) is 6.87. The largest absolute Gasteiger partial charge is 0.461 e. The number of halogens is 7. The molecule has 3 heterocycles. The van der Waals surface area contributed by atoms with E-state index in [1.165, 1.54) is 19.1 Å². The number of hydrogen-bond donors (Lipinski definition) is 0. The third kappa shape index (κ3) is 5.05. The Bertz CT molecular complexity index is 1670. The molecular weight excluding hydrogens is 551 g/mol. The van der Waals surface area contributed by atoms with Crippen molar-refractivity contribution in [1.82, 2.24) is 24.1 Å². The van der Waals surface area contributed by atoms with Crippen molar-refractivity contribution in [3.05, 3.63) is 65.1 Å². The van der Waals surface area contributed by atoms with Crippen molar-refractivity contribution >= 4 is 15.5 Å². The zero-order chi connectivity index (χ0) is 28.0. The fourth-order valence-corrected chi connectivity index (χ4v) is 4.26. The van der Waals surface area contributed by atoms with Gasteiger partial charge in [0, 0.05) is 18.0 Å². The Balaban J connectivity index is 1.80. The minimum absolute atomic E-state index is 0.116. The SMILES string of the molecule is CCS(=O)(=O)c1cc(-c2ccc(OC(F)(F)C(F)F)cc2)cnc1-n1nc2cnc(C(F)(F)F)cn2c1=O. The Morgan fingerprint density at radius 3 is 2.24 bits per heavy atom. The summed E-state index contributed by atoms with van der Waals surface area (Å²) in [5, 5.41) is 3.84. The highest BCUT2D eigenvalue weighted by Gasteiger charge is 2.44. The molecule has 0 saturated carbocycles. The van der Waals surface area contributed by atoms with Gasteiger partial charge in [0.1, 0.15) is 10.6 Å². The summed E-state index contributed by atoms with van der Waals surface area (Å²) in [6.45, 7) is 1.30. The maximum absolute atomic E-state index is 13.1. The van der Waals surface area contributed by atoms with Crippen molar-refractivity contribution in [3.63, 3.8) is 0 Å². The Hall–Kier alpha value is -4.02. The standard InChI is InChI=1S/C21H14F7N5O4S/c1-2-38(35,36)14-7-12(11-3-5-13(6-4-11)37-21(27,28)18(22)23)8-30-17(14)33-19(34)32-10-15(20(24,25)26)29-9-16(32)31-33/h3-10,18H,2H2,1H3. The summed E-state index contributed by atoms with van der Waals surface area (Å²) in [5.74, 6) is -1.55. The van der Waals surface area contributed by atoms with Gasteiger partial charge in [-0.25, -0.2) is 27.6 Å². The maximum Gasteiger partial charge on any atom is 0.461 e. The number of nitrogens with zero attached hydrogens (tertiary/aromatic N) is 5. The predicted octanol–water partition coefficient (Wildman–Crippen LogP) is 3.99. The van der Waals surface area contributed by atoms with Crippen LogP contribution in [0.15, 0.2) is 58.6 Å². The van der Waals surface area contributed by atoms with E-state index in [-0.39, 0.29) is 16.8 Å². The number of fused-ring (bicyclic) bond motifs is 1. The second-order valence-electron chi connectivity index (χ2n) is 7.63. The molecule has 0 fully saturated rings. The first-order chi connectivity index (χ1) is 17.6. The highest BCUT2D eigenvalue weighted by Crippen LogP contribution is 2.31. The van der Waals surface area contributed by atoms with E-state index in [4.69, 9.17) is 0 Å². The molecule has 4 rings (SSSR count). The summed E-state index contributed by atoms with van der Waals surface area (Å²) in [5.41, 5.74) is -2.52. The van der Waals surface area contributed by atoms with Crippen LogP contribution in [-0.4, -0.2) is 50.9 Å². The van der Waals surface area contributed by atoms with Crippen molar-refractivity contribution < 1.29 is 43.9 Å². The molecule has 0 spiro atoms. The summed E-state index contributed by atoms with van der Waals surface area (Å²) >= 11 is 0. The van der Waals surface area contributed by atoms with Gasteiger partial charge in [0.2, 0.25) is 0 Å². The molecule has 0 radical (unpaired) electrons. The van der Waals surface area contributed by atoms with Crippen LogP contribution >= 0.6 is 0 Å². The number of ether oxygens (including phenoxy) is 1. The average Bonchev–Trinajstić information content (AvgIpc) is 3.19. The van der Waals surface area contributed by atoms with E-state index in [0.717, 1.165) is 24.4 Å². The van der Waals surface area contributed by atoms with Crippen LogP contribution in [0, 0.1) is 0 Å². The average molecular weight is 565 g/mol. The lowest BCUT2D eigenvalue weighted by molar-refractivity contribution is -0.253. The lowest BCUT2D eigenvalue weighted by Crippen LogP contribution is -2.33. The van der Waals surface area contributed by atoms with Gasteiger partial charge < -0.3 is 4.74 Å². The minimum atomic E-state index is -4.86. The highest BCUT2D eigenvalue weighted by molar-refractivity contribution is 7.91. The number of hydrogen-bond acceptors (Lipinski definition) is 7. The lowest BCUT2D eigenvalue weighted by atomic mass is 10.1. The van der Waals surface area contributed by atoms with Gasteiger partial charge in [-0.15, -0.1) is 5.10 Å². The van der Waals surface area contributed by atoms with E-state index in [1.54, 1.807) is 0 Å². The Morgan fingerprint density at radius 2 is 1.66 bits per heavy atom. The van der Waals surface area contributed by atoms with Gasteiger partial charge in [0.05, 0.1) is 11.9 Å². The van der Waals surface area contributed by atoms with Crippen LogP contribution in [0.3, 0.4) is 0 Å². The topological polar surface area (TPSA) is 108 Å². The Morgan fingerprint density at radius 1 is 1.00 bits per heavy atom. The summed E-state index contributed by atoms with van der Waals surface area (Å²) in [7, 11) is -4.11. The molecule has 9 nitrogen and oxygen atoms in total. The first kappa shape index (κ1) is 27.0. The molecule has 4 aromatic rings. The van der Waals surface area contributed by atoms with Gasteiger partial charge in [-0.1, -0.05) is 19.1 Å². The van der Waals surface area contributed by atoms with Crippen LogP contribution in [0.2, 0.25) is 0 Å². The van der Waals surface area contributed by atoms with Crippen molar-refractivity contribution in [2.75, 3.05) is 5.75 Å². The van der Waals surface area contributed by atoms with E-state index >= 15 is 0 Å². The molecule has 0 atom stereocenters. The molecule has 0 aliphatic heterocycles. The van der Waals surface area contributed by atoms with E-state index < -0.39 is 62.1 Å². The van der Waals surface area contributed by atoms with Crippen molar-refractivity contribution in [1.29, 1.82) is 0 Å². The molecule has 0 aliphatic carbocycles. The van der Waals surface area contributed by atoms with Crippen molar-refractivity contribution in [2.24, 2.45) is 0 Å². The molecule has 0 bridgehead atoms. The van der Waals surface area contributed by atoms with E-state index in [0.29, 0.717) is 21.5 Å². The number of aromatic nitrogens is 5. The second-order valence-corrected chi connectivity index (χ2v) is 9.88. The molecule has 0 unspecified atom stereocenters. The number of pyridine rings is 1. The molecule has 3 aromatic heterocycles. The Kier molecular flexibility index (Phi) is 6.67. The van der Waals surface area contributed by atoms with E-state index in [9.17, 15) is 43.9 Å². The van der Waals surface area contributed by atoms with Crippen LogP contribution in [-0.2, 0) is 16.0 Å². The molecule has 1 aromatic carbocycles. The smallest absolute Gasteiger partial charge is 0.428 e. The highest BCUT2D eigenvalue weighted by atomic mass is 32.2. The summed E-state index contributed by atoms with van der Waals surface area (Å²) < 4.78 is 121. The second kappa shape index (κ2) is 9.38. The lowest BCUT2D eigenvalue weighted by Gasteiger charge is -2.17. The molecule has 17 heteroatoms. The van der Waals surface area contributed by atoms with Gasteiger partial charge in [0.25, 0.3) is 0 Å². The van der Waals surface area contributed by atoms with Crippen molar-refractivity contribution in [2.45, 2.75) is 30.5 Å². The van der Waals surface area contributed by atoms with Gasteiger partial charge in [-0.05, 0) is 23.8 Å². The van der Waals surface area contributed by atoms with Gasteiger partial charge in [-0.2, -0.15) is 35.4 Å². The zero-order valence-electron chi connectivity index (χ0n) is 18.8. The first-order valence-electron chi connectivity index (χ1n) is 10.4. The van der Waals surface area contributed by atoms with Crippen LogP contribution < -0.4 is 10.4 Å². The fourth-order valence-electron chi connectivity index (χ4n) is 3.23. The molecular formula is C21H14F7N5O4S. The molecule has 38 heavy (non-hydrogen) atoms. The van der Waals surface area contributed by atoms with Crippen molar-refractivity contribution in [3.8, 4) is 22.7 Å². The van der Waals surface area contributed by atoms with Gasteiger partial charge in [-0.3, -0.25) is 0 Å². The summed E-state index contributed by atoms with van der Waals surface area (Å²) in [4.78, 5) is 19.5. The fraction of sp³-hybridized carbons (Fsp3) is 0.238. The maximum atomic E-state index is 13.1. The van der Waals surface area contributed by atoms with Gasteiger partial charge >= 0.3 is 24.4 Å². The number of benzene rings is 1.